The summed E-state index contributed by atoms with van der Waals surface area (Å²) in [5.74, 6) is 1.79. The van der Waals surface area contributed by atoms with Crippen molar-refractivity contribution >= 4 is 8.32 Å². The summed E-state index contributed by atoms with van der Waals surface area (Å²) in [4.78, 5) is 0. The van der Waals surface area contributed by atoms with Crippen molar-refractivity contribution in [1.29, 1.82) is 0 Å². The van der Waals surface area contributed by atoms with E-state index in [1.807, 2.05) is 24.3 Å². The molecule has 0 spiro atoms. The fourth-order valence-electron chi connectivity index (χ4n) is 3.55. The molecule has 30 heavy (non-hydrogen) atoms. The second kappa shape index (κ2) is 12.2. The molecule has 0 aliphatic carbocycles. The van der Waals surface area contributed by atoms with Crippen molar-refractivity contribution in [3.05, 3.63) is 29.8 Å². The summed E-state index contributed by atoms with van der Waals surface area (Å²) in [7, 11) is -0.0573. The molecule has 4 nitrogen and oxygen atoms in total. The highest BCUT2D eigenvalue weighted by molar-refractivity contribution is 6.74. The Balaban J connectivity index is 2.72. The number of hydrogen-bond donors (Lipinski definition) is 1. The first-order valence-corrected chi connectivity index (χ1v) is 14.3. The predicted molar refractivity (Wildman–Crippen MR) is 129 cm³/mol. The number of hydrogen-bond acceptors (Lipinski definition) is 4. The first-order chi connectivity index (χ1) is 13.9. The molecule has 0 amide bonds. The first-order valence-electron chi connectivity index (χ1n) is 11.4. The molecule has 0 aliphatic rings. The lowest BCUT2D eigenvalue weighted by Gasteiger charge is -2.37. The number of benzene rings is 1. The second-order valence-corrected chi connectivity index (χ2v) is 15.2. The molecule has 0 radical (unpaired) electrons. The van der Waals surface area contributed by atoms with E-state index in [-0.39, 0.29) is 23.7 Å². The predicted octanol–water partition coefficient (Wildman–Crippen LogP) is 6.28. The standard InChI is InChI=1S/C25H46O4Si/c1-10-22(16-26)24(28-18-21-11-13-23(27-7)14-12-21)20(3)15-19(2)17-29-30(8,9)25(4,5)6/h11-14,19-20,22,24,26H,10,15-18H2,1-9H3/t19-,20-,22-,24-/m1/s1. The molecule has 0 aliphatic heterocycles. The lowest BCUT2D eigenvalue weighted by atomic mass is 9.85. The van der Waals surface area contributed by atoms with Gasteiger partial charge in [0.25, 0.3) is 0 Å². The Hall–Kier alpha value is -0.883. The molecule has 174 valence electrons. The highest BCUT2D eigenvalue weighted by atomic mass is 28.4. The third kappa shape index (κ3) is 8.33. The maximum atomic E-state index is 9.93. The summed E-state index contributed by atoms with van der Waals surface area (Å²) < 4.78 is 18.0. The smallest absolute Gasteiger partial charge is 0.191 e. The van der Waals surface area contributed by atoms with Gasteiger partial charge >= 0.3 is 0 Å². The van der Waals surface area contributed by atoms with E-state index in [0.29, 0.717) is 18.4 Å². The lowest BCUT2D eigenvalue weighted by molar-refractivity contribution is -0.0538. The van der Waals surface area contributed by atoms with Gasteiger partial charge in [-0.05, 0) is 60.5 Å². The van der Waals surface area contributed by atoms with E-state index in [0.717, 1.165) is 30.8 Å². The summed E-state index contributed by atoms with van der Waals surface area (Å²) in [5, 5.41) is 10.2. The number of rotatable bonds is 13. The van der Waals surface area contributed by atoms with Crippen molar-refractivity contribution in [2.75, 3.05) is 20.3 Å². The van der Waals surface area contributed by atoms with Gasteiger partial charge in [0, 0.05) is 19.1 Å². The third-order valence-electron chi connectivity index (χ3n) is 6.69. The molecule has 5 heteroatoms. The minimum absolute atomic E-state index is 0.0254. The fourth-order valence-corrected chi connectivity index (χ4v) is 4.68. The molecular weight excluding hydrogens is 392 g/mol. The highest BCUT2D eigenvalue weighted by Crippen LogP contribution is 2.37. The van der Waals surface area contributed by atoms with Crippen LogP contribution in [0.2, 0.25) is 18.1 Å². The van der Waals surface area contributed by atoms with Crippen LogP contribution in [0.15, 0.2) is 24.3 Å². The minimum Gasteiger partial charge on any atom is -0.497 e. The van der Waals surface area contributed by atoms with Crippen LogP contribution in [0.3, 0.4) is 0 Å². The van der Waals surface area contributed by atoms with E-state index in [1.165, 1.54) is 0 Å². The zero-order chi connectivity index (χ0) is 22.9. The summed E-state index contributed by atoms with van der Waals surface area (Å²) in [6.45, 7) is 19.6. The molecule has 0 saturated heterocycles. The molecule has 0 saturated carbocycles. The molecular formula is C25H46O4Si. The zero-order valence-corrected chi connectivity index (χ0v) is 21.8. The second-order valence-electron chi connectivity index (χ2n) is 10.4. The van der Waals surface area contributed by atoms with Crippen molar-refractivity contribution in [1.82, 2.24) is 0 Å². The zero-order valence-electron chi connectivity index (χ0n) is 20.8. The Labute approximate surface area is 186 Å². The van der Waals surface area contributed by atoms with Crippen molar-refractivity contribution in [3.63, 3.8) is 0 Å². The molecule has 4 atom stereocenters. The first kappa shape index (κ1) is 27.2. The van der Waals surface area contributed by atoms with Crippen LogP contribution in [0.5, 0.6) is 5.75 Å². The van der Waals surface area contributed by atoms with Crippen molar-refractivity contribution in [2.45, 2.75) is 85.2 Å². The molecule has 0 heterocycles. The van der Waals surface area contributed by atoms with E-state index in [4.69, 9.17) is 13.9 Å². The number of methoxy groups -OCH3 is 1. The highest BCUT2D eigenvalue weighted by Gasteiger charge is 2.37. The van der Waals surface area contributed by atoms with Gasteiger partial charge in [-0.15, -0.1) is 0 Å². The van der Waals surface area contributed by atoms with E-state index >= 15 is 0 Å². The Bertz CT molecular complexity index is 590. The topological polar surface area (TPSA) is 47.9 Å². The van der Waals surface area contributed by atoms with Gasteiger partial charge in [-0.3, -0.25) is 0 Å². The fraction of sp³-hybridized carbons (Fsp3) is 0.760. The van der Waals surface area contributed by atoms with Crippen LogP contribution in [-0.4, -0.2) is 39.9 Å². The largest absolute Gasteiger partial charge is 0.497 e. The average Bonchev–Trinajstić information content (AvgIpc) is 2.69. The molecule has 1 N–H and O–H groups in total. The summed E-state index contributed by atoms with van der Waals surface area (Å²) in [5.41, 5.74) is 1.12. The normalized spacial score (nSPS) is 16.7. The van der Waals surface area contributed by atoms with Gasteiger partial charge in [0.05, 0.1) is 19.8 Å². The molecule has 1 aromatic rings. The van der Waals surface area contributed by atoms with Crippen LogP contribution < -0.4 is 4.74 Å². The Morgan fingerprint density at radius 1 is 1.07 bits per heavy atom. The Morgan fingerprint density at radius 3 is 2.13 bits per heavy atom. The maximum absolute atomic E-state index is 9.93. The van der Waals surface area contributed by atoms with Gasteiger partial charge in [0.15, 0.2) is 8.32 Å². The van der Waals surface area contributed by atoms with Gasteiger partial charge in [-0.2, -0.15) is 0 Å². The Morgan fingerprint density at radius 2 is 1.67 bits per heavy atom. The molecule has 0 unspecified atom stereocenters. The molecule has 0 fully saturated rings. The van der Waals surface area contributed by atoms with Crippen molar-refractivity contribution in [2.24, 2.45) is 17.8 Å². The van der Waals surface area contributed by atoms with E-state index in [1.54, 1.807) is 7.11 Å². The summed E-state index contributed by atoms with van der Waals surface area (Å²) in [6.07, 6.45) is 1.96. The van der Waals surface area contributed by atoms with E-state index < -0.39 is 8.32 Å². The summed E-state index contributed by atoms with van der Waals surface area (Å²) in [6, 6.07) is 7.99. The van der Waals surface area contributed by atoms with Crippen LogP contribution in [0.1, 0.15) is 59.9 Å². The molecule has 0 aromatic heterocycles. The SMILES string of the molecule is CC[C@H](CO)[C@H](OCc1ccc(OC)cc1)[C@H](C)C[C@@H](C)CO[Si](C)(C)C(C)(C)C. The number of aliphatic hydroxyl groups excluding tert-OH is 1. The van der Waals surface area contributed by atoms with Gasteiger partial charge < -0.3 is 19.0 Å². The molecule has 1 rings (SSSR count). The van der Waals surface area contributed by atoms with Gasteiger partial charge in [0.2, 0.25) is 0 Å². The van der Waals surface area contributed by atoms with Crippen LogP contribution in [-0.2, 0) is 15.8 Å². The third-order valence-corrected chi connectivity index (χ3v) is 11.2. The van der Waals surface area contributed by atoms with Crippen molar-refractivity contribution < 1.29 is 19.0 Å². The van der Waals surface area contributed by atoms with Crippen LogP contribution in [0.25, 0.3) is 0 Å². The minimum atomic E-state index is -1.73. The van der Waals surface area contributed by atoms with Crippen LogP contribution >= 0.6 is 0 Å². The van der Waals surface area contributed by atoms with E-state index in [9.17, 15) is 5.11 Å². The number of ether oxygens (including phenoxy) is 2. The molecule has 0 bridgehead atoms. The lowest BCUT2D eigenvalue weighted by Crippen LogP contribution is -2.42. The van der Waals surface area contributed by atoms with Gasteiger partial charge in [-0.1, -0.05) is 53.7 Å². The van der Waals surface area contributed by atoms with Gasteiger partial charge in [-0.25, -0.2) is 0 Å². The quantitative estimate of drug-likeness (QED) is 0.368. The molecule has 1 aromatic carbocycles. The van der Waals surface area contributed by atoms with Crippen LogP contribution in [0, 0.1) is 17.8 Å². The van der Waals surface area contributed by atoms with Gasteiger partial charge in [0.1, 0.15) is 5.75 Å². The number of aliphatic hydroxyl groups is 1. The Kier molecular flexibility index (Phi) is 11.1. The van der Waals surface area contributed by atoms with E-state index in [2.05, 4.69) is 54.6 Å². The van der Waals surface area contributed by atoms with Crippen molar-refractivity contribution in [3.8, 4) is 5.75 Å². The average molecular weight is 439 g/mol. The maximum Gasteiger partial charge on any atom is 0.191 e. The monoisotopic (exact) mass is 438 g/mol. The summed E-state index contributed by atoms with van der Waals surface area (Å²) >= 11 is 0. The van der Waals surface area contributed by atoms with Crippen LogP contribution in [0.4, 0.5) is 0 Å².